The number of hydrogen-bond donors (Lipinski definition) is 2. The van der Waals surface area contributed by atoms with Gasteiger partial charge in [0.05, 0.1) is 43.4 Å². The van der Waals surface area contributed by atoms with Crippen LogP contribution in [0.3, 0.4) is 0 Å². The number of carbonyl (C=O) groups is 1. The summed E-state index contributed by atoms with van der Waals surface area (Å²) in [6.07, 6.45) is 2.38. The number of aromatic nitrogens is 3. The first kappa shape index (κ1) is 18.0. The number of urea groups is 1. The maximum atomic E-state index is 12.1. The minimum Gasteiger partial charge on any atom is -0.481 e. The molecule has 3 aromatic rings. The predicted octanol–water partition coefficient (Wildman–Crippen LogP) is 2.71. The molecule has 0 atom stereocenters. The van der Waals surface area contributed by atoms with Gasteiger partial charge in [0, 0.05) is 12.4 Å². The Bertz CT molecular complexity index is 869. The number of methoxy groups -OCH3 is 1. The van der Waals surface area contributed by atoms with E-state index in [0.717, 1.165) is 34.1 Å². The maximum Gasteiger partial charge on any atom is 0.315 e. The predicted molar refractivity (Wildman–Crippen MR) is 98.0 cm³/mol. The van der Waals surface area contributed by atoms with Crippen molar-refractivity contribution in [2.24, 2.45) is 7.05 Å². The maximum absolute atomic E-state index is 12.1. The van der Waals surface area contributed by atoms with Crippen LogP contribution in [-0.2, 0) is 26.6 Å². The summed E-state index contributed by atoms with van der Waals surface area (Å²) < 4.78 is 12.4. The Balaban J connectivity index is 1.54. The number of amides is 2. The van der Waals surface area contributed by atoms with E-state index in [1.54, 1.807) is 18.1 Å². The summed E-state index contributed by atoms with van der Waals surface area (Å²) in [5.41, 5.74) is 2.58. The number of hydrogen-bond acceptors (Lipinski definition) is 6. The molecule has 26 heavy (non-hydrogen) atoms. The molecule has 0 unspecified atom stereocenters. The normalized spacial score (nSPS) is 10.7. The van der Waals surface area contributed by atoms with Crippen LogP contribution in [0.15, 0.2) is 28.2 Å². The fourth-order valence-corrected chi connectivity index (χ4v) is 3.41. The van der Waals surface area contributed by atoms with Crippen molar-refractivity contribution in [3.8, 4) is 16.6 Å². The standard InChI is InChI=1S/C17H21N5O3S/c1-4-13-12(16(24-3)22(2)21-13)9-19-17(23)18-8-11-10-26-15(20-11)14-6-5-7-25-14/h5-7,10H,4,8-9H2,1-3H3,(H2,18,19,23). The van der Waals surface area contributed by atoms with Crippen molar-refractivity contribution in [3.63, 3.8) is 0 Å². The van der Waals surface area contributed by atoms with Crippen molar-refractivity contribution in [1.29, 1.82) is 0 Å². The minimum absolute atomic E-state index is 0.273. The van der Waals surface area contributed by atoms with Gasteiger partial charge in [0.2, 0.25) is 5.88 Å². The Labute approximate surface area is 155 Å². The summed E-state index contributed by atoms with van der Waals surface area (Å²) in [4.78, 5) is 16.5. The fourth-order valence-electron chi connectivity index (χ4n) is 2.63. The number of nitrogens with one attached hydrogen (secondary N) is 2. The largest absolute Gasteiger partial charge is 0.481 e. The fraction of sp³-hybridized carbons (Fsp3) is 0.353. The van der Waals surface area contributed by atoms with E-state index in [1.807, 2.05) is 31.5 Å². The Morgan fingerprint density at radius 3 is 2.88 bits per heavy atom. The number of furan rings is 1. The van der Waals surface area contributed by atoms with Crippen molar-refractivity contribution in [2.45, 2.75) is 26.4 Å². The summed E-state index contributed by atoms with van der Waals surface area (Å²) in [5, 5.41) is 12.7. The zero-order chi connectivity index (χ0) is 18.5. The topological polar surface area (TPSA) is 94.2 Å². The van der Waals surface area contributed by atoms with Crippen LogP contribution in [0.2, 0.25) is 0 Å². The highest BCUT2D eigenvalue weighted by Gasteiger charge is 2.16. The van der Waals surface area contributed by atoms with Crippen LogP contribution < -0.4 is 15.4 Å². The molecule has 0 aromatic carbocycles. The molecule has 3 rings (SSSR count). The van der Waals surface area contributed by atoms with E-state index in [4.69, 9.17) is 9.15 Å². The van der Waals surface area contributed by atoms with Gasteiger partial charge in [-0.2, -0.15) is 5.10 Å². The SMILES string of the molecule is CCc1nn(C)c(OC)c1CNC(=O)NCc1csc(-c2ccco2)n1. The molecule has 0 spiro atoms. The van der Waals surface area contributed by atoms with Gasteiger partial charge in [-0.1, -0.05) is 6.92 Å². The lowest BCUT2D eigenvalue weighted by Gasteiger charge is -2.08. The highest BCUT2D eigenvalue weighted by atomic mass is 32.1. The van der Waals surface area contributed by atoms with E-state index in [2.05, 4.69) is 20.7 Å². The summed E-state index contributed by atoms with van der Waals surface area (Å²) in [6.45, 7) is 2.71. The number of nitrogens with zero attached hydrogens (tertiary/aromatic N) is 3. The van der Waals surface area contributed by atoms with Gasteiger partial charge < -0.3 is 19.8 Å². The molecule has 3 aromatic heterocycles. The number of thiazole rings is 1. The third kappa shape index (κ3) is 3.88. The van der Waals surface area contributed by atoms with Crippen molar-refractivity contribution in [3.05, 3.63) is 40.7 Å². The Morgan fingerprint density at radius 1 is 1.38 bits per heavy atom. The van der Waals surface area contributed by atoms with Crippen LogP contribution in [-0.4, -0.2) is 27.9 Å². The van der Waals surface area contributed by atoms with Gasteiger partial charge in [-0.3, -0.25) is 0 Å². The number of ether oxygens (including phenoxy) is 1. The molecule has 0 saturated carbocycles. The average Bonchev–Trinajstić information content (AvgIpc) is 3.37. The lowest BCUT2D eigenvalue weighted by atomic mass is 10.2. The highest BCUT2D eigenvalue weighted by molar-refractivity contribution is 7.13. The summed E-state index contributed by atoms with van der Waals surface area (Å²) in [6, 6.07) is 3.40. The van der Waals surface area contributed by atoms with Gasteiger partial charge in [-0.25, -0.2) is 14.5 Å². The van der Waals surface area contributed by atoms with E-state index in [1.165, 1.54) is 11.3 Å². The molecule has 3 heterocycles. The average molecular weight is 375 g/mol. The van der Waals surface area contributed by atoms with Gasteiger partial charge in [0.15, 0.2) is 10.8 Å². The quantitative estimate of drug-likeness (QED) is 0.662. The summed E-state index contributed by atoms with van der Waals surface area (Å²) in [7, 11) is 3.42. The zero-order valence-corrected chi connectivity index (χ0v) is 15.7. The molecule has 8 nitrogen and oxygen atoms in total. The van der Waals surface area contributed by atoms with Gasteiger partial charge in [0.1, 0.15) is 0 Å². The van der Waals surface area contributed by atoms with Gasteiger partial charge in [0.25, 0.3) is 0 Å². The highest BCUT2D eigenvalue weighted by Crippen LogP contribution is 2.24. The van der Waals surface area contributed by atoms with Crippen molar-refractivity contribution in [1.82, 2.24) is 25.4 Å². The van der Waals surface area contributed by atoms with Gasteiger partial charge >= 0.3 is 6.03 Å². The molecule has 0 aliphatic carbocycles. The van der Waals surface area contributed by atoms with E-state index in [0.29, 0.717) is 19.0 Å². The number of carbonyl (C=O) groups excluding carboxylic acids is 1. The first-order chi connectivity index (χ1) is 12.6. The van der Waals surface area contributed by atoms with Gasteiger partial charge in [-0.15, -0.1) is 11.3 Å². The molecule has 2 N–H and O–H groups in total. The second kappa shape index (κ2) is 8.05. The zero-order valence-electron chi connectivity index (χ0n) is 14.9. The van der Waals surface area contributed by atoms with E-state index < -0.39 is 0 Å². The monoisotopic (exact) mass is 375 g/mol. The molecule has 2 amide bonds. The van der Waals surface area contributed by atoms with E-state index in [-0.39, 0.29) is 6.03 Å². The number of aryl methyl sites for hydroxylation is 2. The number of rotatable bonds is 7. The lowest BCUT2D eigenvalue weighted by molar-refractivity contribution is 0.240. The van der Waals surface area contributed by atoms with Crippen LogP contribution in [0.5, 0.6) is 5.88 Å². The smallest absolute Gasteiger partial charge is 0.315 e. The van der Waals surface area contributed by atoms with Crippen LogP contribution in [0.25, 0.3) is 10.8 Å². The molecule has 0 fully saturated rings. The van der Waals surface area contributed by atoms with Gasteiger partial charge in [-0.05, 0) is 18.6 Å². The second-order valence-corrected chi connectivity index (χ2v) is 6.43. The Hall–Kier alpha value is -2.81. The van der Waals surface area contributed by atoms with E-state index >= 15 is 0 Å². The third-order valence-corrected chi connectivity index (χ3v) is 4.74. The molecule has 0 saturated heterocycles. The van der Waals surface area contributed by atoms with Crippen LogP contribution in [0, 0.1) is 0 Å². The molecule has 0 radical (unpaired) electrons. The van der Waals surface area contributed by atoms with Crippen molar-refractivity contribution < 1.29 is 13.9 Å². The first-order valence-corrected chi connectivity index (χ1v) is 9.09. The van der Waals surface area contributed by atoms with Crippen LogP contribution >= 0.6 is 11.3 Å². The minimum atomic E-state index is -0.273. The third-order valence-electron chi connectivity index (χ3n) is 3.84. The second-order valence-electron chi connectivity index (χ2n) is 5.57. The summed E-state index contributed by atoms with van der Waals surface area (Å²) >= 11 is 1.48. The molecule has 0 aliphatic rings. The Morgan fingerprint density at radius 2 is 2.19 bits per heavy atom. The first-order valence-electron chi connectivity index (χ1n) is 8.21. The molecule has 138 valence electrons. The van der Waals surface area contributed by atoms with Crippen LogP contribution in [0.1, 0.15) is 23.9 Å². The van der Waals surface area contributed by atoms with Crippen molar-refractivity contribution in [2.75, 3.05) is 7.11 Å². The molecule has 0 bridgehead atoms. The molecular weight excluding hydrogens is 354 g/mol. The molecule has 0 aliphatic heterocycles. The molecule has 9 heteroatoms. The Kier molecular flexibility index (Phi) is 5.57. The summed E-state index contributed by atoms with van der Waals surface area (Å²) in [5.74, 6) is 1.38. The lowest BCUT2D eigenvalue weighted by Crippen LogP contribution is -2.34. The van der Waals surface area contributed by atoms with Crippen molar-refractivity contribution >= 4 is 17.4 Å². The van der Waals surface area contributed by atoms with E-state index in [9.17, 15) is 4.79 Å². The molecular formula is C17H21N5O3S. The van der Waals surface area contributed by atoms with Crippen LogP contribution in [0.4, 0.5) is 4.79 Å².